The summed E-state index contributed by atoms with van der Waals surface area (Å²) in [6, 6.07) is 16.6. The molecule has 0 aromatic heterocycles. The molecule has 2 aromatic rings. The first-order valence-corrected chi connectivity index (χ1v) is 7.65. The average Bonchev–Trinajstić information content (AvgIpc) is 2.91. The lowest BCUT2D eigenvalue weighted by Gasteiger charge is -2.22. The van der Waals surface area contributed by atoms with Crippen LogP contribution in [0, 0.1) is 0 Å². The number of ether oxygens (including phenoxy) is 1. The largest absolute Gasteiger partial charge is 0.392 e. The van der Waals surface area contributed by atoms with Gasteiger partial charge in [0, 0.05) is 24.2 Å². The molecule has 0 bridgehead atoms. The summed E-state index contributed by atoms with van der Waals surface area (Å²) in [5.74, 6) is 0. The first-order chi connectivity index (χ1) is 10.9. The van der Waals surface area contributed by atoms with Gasteiger partial charge in [0.2, 0.25) is 0 Å². The first kappa shape index (κ1) is 13.5. The van der Waals surface area contributed by atoms with Crippen molar-refractivity contribution in [2.45, 2.75) is 6.10 Å². The molecule has 1 fully saturated rings. The zero-order valence-electron chi connectivity index (χ0n) is 12.3. The van der Waals surface area contributed by atoms with E-state index in [-0.39, 0.29) is 6.10 Å². The van der Waals surface area contributed by atoms with E-state index in [9.17, 15) is 0 Å². The van der Waals surface area contributed by atoms with Crippen LogP contribution >= 0.6 is 0 Å². The van der Waals surface area contributed by atoms with Crippen LogP contribution in [0.15, 0.2) is 53.7 Å². The Morgan fingerprint density at radius 1 is 1.00 bits per heavy atom. The van der Waals surface area contributed by atoms with Crippen molar-refractivity contribution in [3.63, 3.8) is 0 Å². The van der Waals surface area contributed by atoms with Crippen LogP contribution in [0.4, 0.5) is 0 Å². The van der Waals surface area contributed by atoms with E-state index in [2.05, 4.69) is 46.9 Å². The second kappa shape index (κ2) is 5.91. The summed E-state index contributed by atoms with van der Waals surface area (Å²) >= 11 is 0. The Balaban J connectivity index is 1.59. The smallest absolute Gasteiger partial charge is 0.144 e. The highest BCUT2D eigenvalue weighted by molar-refractivity contribution is 6.24. The molecule has 0 spiro atoms. The maximum atomic E-state index is 5.62. The second-order valence-electron chi connectivity index (χ2n) is 5.52. The van der Waals surface area contributed by atoms with Crippen LogP contribution in [0.2, 0.25) is 0 Å². The van der Waals surface area contributed by atoms with Crippen LogP contribution < -0.4 is 5.32 Å². The Morgan fingerprint density at radius 2 is 1.64 bits per heavy atom. The number of morpholine rings is 1. The third kappa shape index (κ3) is 2.40. The lowest BCUT2D eigenvalue weighted by Crippen LogP contribution is -2.40. The molecular weight excluding hydrogens is 276 g/mol. The number of oxime groups is 1. The fourth-order valence-electron chi connectivity index (χ4n) is 3.00. The van der Waals surface area contributed by atoms with E-state index in [1.807, 2.05) is 12.1 Å². The van der Waals surface area contributed by atoms with Crippen LogP contribution in [-0.4, -0.2) is 38.1 Å². The Morgan fingerprint density at radius 3 is 2.23 bits per heavy atom. The van der Waals surface area contributed by atoms with E-state index >= 15 is 0 Å². The van der Waals surface area contributed by atoms with Gasteiger partial charge in [-0.15, -0.1) is 0 Å². The normalized spacial score (nSPS) is 19.5. The van der Waals surface area contributed by atoms with E-state index < -0.39 is 0 Å². The van der Waals surface area contributed by atoms with Crippen molar-refractivity contribution in [3.05, 3.63) is 59.7 Å². The fraction of sp³-hybridized carbons (Fsp3) is 0.278. The Hall–Kier alpha value is -2.17. The summed E-state index contributed by atoms with van der Waals surface area (Å²) in [7, 11) is 0. The Bertz CT molecular complexity index is 658. The standard InChI is InChI=1S/C18H18N2O2/c1-3-7-16-14(5-1)15-6-2-4-8-17(15)18(16)20-22-12-13-11-19-9-10-21-13/h1-8,13,19H,9-12H2. The summed E-state index contributed by atoms with van der Waals surface area (Å²) in [4.78, 5) is 5.59. The molecule has 4 heteroatoms. The maximum Gasteiger partial charge on any atom is 0.144 e. The molecular formula is C18H18N2O2. The molecule has 4 nitrogen and oxygen atoms in total. The third-order valence-electron chi connectivity index (χ3n) is 4.08. The molecule has 1 heterocycles. The minimum atomic E-state index is 0.0741. The predicted octanol–water partition coefficient (Wildman–Crippen LogP) is 2.42. The topological polar surface area (TPSA) is 42.8 Å². The molecule has 0 radical (unpaired) electrons. The van der Waals surface area contributed by atoms with Crippen molar-refractivity contribution in [2.75, 3.05) is 26.3 Å². The van der Waals surface area contributed by atoms with Gasteiger partial charge >= 0.3 is 0 Å². The highest BCUT2D eigenvalue weighted by atomic mass is 16.6. The van der Waals surface area contributed by atoms with Gasteiger partial charge in [0.05, 0.1) is 6.61 Å². The third-order valence-corrected chi connectivity index (χ3v) is 4.08. The molecule has 2 aliphatic rings. The van der Waals surface area contributed by atoms with Crippen LogP contribution in [0.25, 0.3) is 11.1 Å². The van der Waals surface area contributed by atoms with Gasteiger partial charge in [-0.25, -0.2) is 0 Å². The van der Waals surface area contributed by atoms with Gasteiger partial charge in [-0.3, -0.25) is 0 Å². The molecule has 4 rings (SSSR count). The maximum absolute atomic E-state index is 5.62. The molecule has 2 aromatic carbocycles. The molecule has 22 heavy (non-hydrogen) atoms. The van der Waals surface area contributed by atoms with E-state index in [4.69, 9.17) is 9.57 Å². The number of rotatable bonds is 3. The highest BCUT2D eigenvalue weighted by Gasteiger charge is 2.24. The molecule has 1 N–H and O–H groups in total. The SMILES string of the molecule is c1ccc2c(c1)C(=NOCC1CNCCO1)c1ccccc1-2. The lowest BCUT2D eigenvalue weighted by molar-refractivity contribution is -0.0301. The van der Waals surface area contributed by atoms with Gasteiger partial charge in [0.25, 0.3) is 0 Å². The first-order valence-electron chi connectivity index (χ1n) is 7.65. The molecule has 112 valence electrons. The zero-order chi connectivity index (χ0) is 14.8. The number of hydrogen-bond donors (Lipinski definition) is 1. The van der Waals surface area contributed by atoms with Crippen molar-refractivity contribution in [1.82, 2.24) is 5.32 Å². The summed E-state index contributed by atoms with van der Waals surface area (Å²) in [6.45, 7) is 2.93. The number of benzene rings is 2. The molecule has 0 amide bonds. The van der Waals surface area contributed by atoms with Gasteiger partial charge in [0.1, 0.15) is 18.4 Å². The molecule has 1 aliphatic heterocycles. The highest BCUT2D eigenvalue weighted by Crippen LogP contribution is 2.36. The van der Waals surface area contributed by atoms with Crippen molar-refractivity contribution >= 4 is 5.71 Å². The van der Waals surface area contributed by atoms with Crippen molar-refractivity contribution in [2.24, 2.45) is 5.16 Å². The summed E-state index contributed by atoms with van der Waals surface area (Å²) < 4.78 is 5.62. The number of hydrogen-bond acceptors (Lipinski definition) is 4. The van der Waals surface area contributed by atoms with Crippen LogP contribution in [0.1, 0.15) is 11.1 Å². The van der Waals surface area contributed by atoms with Gasteiger partial charge in [0.15, 0.2) is 0 Å². The number of nitrogens with one attached hydrogen (secondary N) is 1. The summed E-state index contributed by atoms with van der Waals surface area (Å²) in [5, 5.41) is 7.70. The molecule has 1 atom stereocenters. The van der Waals surface area contributed by atoms with Gasteiger partial charge < -0.3 is 14.9 Å². The molecule has 1 aliphatic carbocycles. The van der Waals surface area contributed by atoms with E-state index in [0.717, 1.165) is 36.5 Å². The quantitative estimate of drug-likeness (QED) is 0.754. The van der Waals surface area contributed by atoms with Gasteiger partial charge in [-0.05, 0) is 11.1 Å². The number of fused-ring (bicyclic) bond motifs is 3. The van der Waals surface area contributed by atoms with Crippen LogP contribution in [0.3, 0.4) is 0 Å². The van der Waals surface area contributed by atoms with Gasteiger partial charge in [-0.2, -0.15) is 0 Å². The summed E-state index contributed by atoms with van der Waals surface area (Å²) in [6.07, 6.45) is 0.0741. The summed E-state index contributed by atoms with van der Waals surface area (Å²) in [5.41, 5.74) is 5.61. The van der Waals surface area contributed by atoms with Crippen molar-refractivity contribution in [3.8, 4) is 11.1 Å². The molecule has 0 saturated carbocycles. The lowest BCUT2D eigenvalue weighted by atomic mass is 10.1. The molecule has 1 saturated heterocycles. The Labute approximate surface area is 129 Å². The number of nitrogens with zero attached hydrogens (tertiary/aromatic N) is 1. The van der Waals surface area contributed by atoms with E-state index in [1.165, 1.54) is 11.1 Å². The average molecular weight is 294 g/mol. The fourth-order valence-corrected chi connectivity index (χ4v) is 3.00. The van der Waals surface area contributed by atoms with Crippen molar-refractivity contribution in [1.29, 1.82) is 0 Å². The predicted molar refractivity (Wildman–Crippen MR) is 86.1 cm³/mol. The zero-order valence-corrected chi connectivity index (χ0v) is 12.3. The minimum absolute atomic E-state index is 0.0741. The van der Waals surface area contributed by atoms with Crippen LogP contribution in [0.5, 0.6) is 0 Å². The van der Waals surface area contributed by atoms with E-state index in [0.29, 0.717) is 6.61 Å². The van der Waals surface area contributed by atoms with Crippen LogP contribution in [-0.2, 0) is 9.57 Å². The second-order valence-corrected chi connectivity index (χ2v) is 5.52. The Kier molecular flexibility index (Phi) is 3.62. The van der Waals surface area contributed by atoms with E-state index in [1.54, 1.807) is 0 Å². The van der Waals surface area contributed by atoms with Gasteiger partial charge in [-0.1, -0.05) is 53.7 Å². The monoisotopic (exact) mass is 294 g/mol. The molecule has 1 unspecified atom stereocenters. The van der Waals surface area contributed by atoms with Crippen molar-refractivity contribution < 1.29 is 9.57 Å². The minimum Gasteiger partial charge on any atom is -0.392 e.